The predicted octanol–water partition coefficient (Wildman–Crippen LogP) is 4.42. The lowest BCUT2D eigenvalue weighted by molar-refractivity contribution is -0.143. The molecule has 7 heteroatoms. The van der Waals surface area contributed by atoms with Crippen LogP contribution in [0.25, 0.3) is 0 Å². The molecule has 2 saturated heterocycles. The van der Waals surface area contributed by atoms with Gasteiger partial charge in [0.15, 0.2) is 0 Å². The SMILES string of the molecule is CCOC(=O)CCCC[C@]1(O)SC[C@H]2[C@@H]1N(Cc1ccccc1)C(=O)N2Cc1ccccc1. The molecule has 0 aromatic heterocycles. The maximum absolute atomic E-state index is 13.6. The third-order valence-corrected chi connectivity index (χ3v) is 7.87. The second kappa shape index (κ2) is 10.6. The zero-order valence-corrected chi connectivity index (χ0v) is 19.9. The van der Waals surface area contributed by atoms with E-state index < -0.39 is 4.93 Å². The van der Waals surface area contributed by atoms with Crippen molar-refractivity contribution in [3.63, 3.8) is 0 Å². The van der Waals surface area contributed by atoms with Crippen molar-refractivity contribution in [3.05, 3.63) is 71.8 Å². The summed E-state index contributed by atoms with van der Waals surface area (Å²) < 4.78 is 5.01. The van der Waals surface area contributed by atoms with Crippen LogP contribution in [-0.2, 0) is 22.6 Å². The number of hydrogen-bond donors (Lipinski definition) is 1. The third kappa shape index (κ3) is 5.36. The van der Waals surface area contributed by atoms with Crippen LogP contribution >= 0.6 is 11.8 Å². The Morgan fingerprint density at radius 1 is 1.03 bits per heavy atom. The highest BCUT2D eigenvalue weighted by Crippen LogP contribution is 2.48. The topological polar surface area (TPSA) is 70.1 Å². The van der Waals surface area contributed by atoms with Crippen LogP contribution in [0.4, 0.5) is 4.79 Å². The Morgan fingerprint density at radius 3 is 2.24 bits per heavy atom. The molecule has 0 aliphatic carbocycles. The maximum Gasteiger partial charge on any atom is 0.321 e. The molecule has 33 heavy (non-hydrogen) atoms. The van der Waals surface area contributed by atoms with E-state index in [1.165, 1.54) is 0 Å². The summed E-state index contributed by atoms with van der Waals surface area (Å²) in [7, 11) is 0. The van der Waals surface area contributed by atoms with E-state index in [-0.39, 0.29) is 24.1 Å². The summed E-state index contributed by atoms with van der Waals surface area (Å²) in [5.74, 6) is 0.500. The average molecular weight is 469 g/mol. The van der Waals surface area contributed by atoms with Crippen LogP contribution in [0.5, 0.6) is 0 Å². The van der Waals surface area contributed by atoms with Gasteiger partial charge in [-0.05, 0) is 37.3 Å². The molecule has 0 radical (unpaired) electrons. The second-order valence-electron chi connectivity index (χ2n) is 8.69. The number of hydrogen-bond acceptors (Lipinski definition) is 5. The quantitative estimate of drug-likeness (QED) is 0.318. The predicted molar refractivity (Wildman–Crippen MR) is 129 cm³/mol. The minimum absolute atomic E-state index is 0.0250. The van der Waals surface area contributed by atoms with E-state index >= 15 is 0 Å². The van der Waals surface area contributed by atoms with Crippen molar-refractivity contribution in [2.24, 2.45) is 0 Å². The van der Waals surface area contributed by atoms with Crippen molar-refractivity contribution in [1.82, 2.24) is 9.80 Å². The molecular formula is C26H32N2O4S. The number of carbonyl (C=O) groups is 2. The van der Waals surface area contributed by atoms with Gasteiger partial charge in [0.25, 0.3) is 0 Å². The lowest BCUT2D eigenvalue weighted by Crippen LogP contribution is -2.48. The smallest absolute Gasteiger partial charge is 0.321 e. The Kier molecular flexibility index (Phi) is 7.60. The van der Waals surface area contributed by atoms with Crippen molar-refractivity contribution >= 4 is 23.8 Å². The molecule has 0 unspecified atom stereocenters. The fourth-order valence-electron chi connectivity index (χ4n) is 4.86. The fraction of sp³-hybridized carbons (Fsp3) is 0.462. The molecule has 0 bridgehead atoms. The molecule has 6 nitrogen and oxygen atoms in total. The van der Waals surface area contributed by atoms with Gasteiger partial charge in [-0.1, -0.05) is 60.7 Å². The van der Waals surface area contributed by atoms with Gasteiger partial charge in [0.05, 0.1) is 18.7 Å². The molecule has 2 fully saturated rings. The number of benzene rings is 2. The Bertz CT molecular complexity index is 942. The number of ether oxygens (including phenoxy) is 1. The van der Waals surface area contributed by atoms with Crippen LogP contribution in [0.1, 0.15) is 43.7 Å². The van der Waals surface area contributed by atoms with Gasteiger partial charge in [-0.3, -0.25) is 4.79 Å². The first-order valence-electron chi connectivity index (χ1n) is 11.7. The normalized spacial score (nSPS) is 24.2. The molecule has 2 aliphatic rings. The first-order valence-corrected chi connectivity index (χ1v) is 12.7. The molecule has 0 saturated carbocycles. The van der Waals surface area contributed by atoms with Crippen LogP contribution in [0.15, 0.2) is 60.7 Å². The van der Waals surface area contributed by atoms with Crippen LogP contribution < -0.4 is 0 Å². The van der Waals surface area contributed by atoms with Crippen molar-refractivity contribution in [1.29, 1.82) is 0 Å². The van der Waals surface area contributed by atoms with E-state index in [1.807, 2.05) is 70.5 Å². The van der Waals surface area contributed by atoms with Gasteiger partial charge in [-0.15, -0.1) is 11.8 Å². The molecule has 0 spiro atoms. The van der Waals surface area contributed by atoms with E-state index in [0.717, 1.165) is 11.1 Å². The number of carbonyl (C=O) groups excluding carboxylic acids is 2. The summed E-state index contributed by atoms with van der Waals surface area (Å²) in [6, 6.07) is 19.6. The Morgan fingerprint density at radius 2 is 1.64 bits per heavy atom. The van der Waals surface area contributed by atoms with E-state index in [9.17, 15) is 14.7 Å². The highest BCUT2D eigenvalue weighted by Gasteiger charge is 2.59. The first kappa shape index (κ1) is 23.6. The molecule has 2 aliphatic heterocycles. The van der Waals surface area contributed by atoms with Crippen molar-refractivity contribution < 1.29 is 19.4 Å². The molecule has 3 atom stereocenters. The number of unbranched alkanes of at least 4 members (excludes halogenated alkanes) is 1. The Hall–Kier alpha value is -2.51. The van der Waals surface area contributed by atoms with Gasteiger partial charge in [0.1, 0.15) is 4.93 Å². The summed E-state index contributed by atoms with van der Waals surface area (Å²) in [6.07, 6.45) is 2.27. The van der Waals surface area contributed by atoms with Crippen LogP contribution in [0.3, 0.4) is 0 Å². The average Bonchev–Trinajstić information content (AvgIpc) is 3.29. The fourth-order valence-corrected chi connectivity index (χ4v) is 6.42. The molecular weight excluding hydrogens is 436 g/mol. The number of nitrogens with zero attached hydrogens (tertiary/aromatic N) is 2. The van der Waals surface area contributed by atoms with Gasteiger partial charge in [-0.25, -0.2) is 4.79 Å². The van der Waals surface area contributed by atoms with Crippen molar-refractivity contribution in [3.8, 4) is 0 Å². The van der Waals surface area contributed by atoms with E-state index in [1.54, 1.807) is 18.7 Å². The molecule has 1 N–H and O–H groups in total. The van der Waals surface area contributed by atoms with Gasteiger partial charge >= 0.3 is 12.0 Å². The van der Waals surface area contributed by atoms with E-state index in [4.69, 9.17) is 4.74 Å². The van der Waals surface area contributed by atoms with Crippen LogP contribution in [-0.4, -0.2) is 56.3 Å². The number of aliphatic hydroxyl groups is 1. The monoisotopic (exact) mass is 468 g/mol. The number of rotatable bonds is 10. The summed E-state index contributed by atoms with van der Waals surface area (Å²) in [6.45, 7) is 3.19. The van der Waals surface area contributed by atoms with Crippen LogP contribution in [0.2, 0.25) is 0 Å². The van der Waals surface area contributed by atoms with Gasteiger partial charge in [0, 0.05) is 25.3 Å². The highest BCUT2D eigenvalue weighted by molar-refractivity contribution is 8.00. The molecule has 176 valence electrons. The van der Waals surface area contributed by atoms with E-state index in [0.29, 0.717) is 51.1 Å². The number of thioether (sulfide) groups is 1. The number of urea groups is 1. The number of fused-ring (bicyclic) bond motifs is 1. The van der Waals surface area contributed by atoms with Crippen molar-refractivity contribution in [2.45, 2.75) is 62.7 Å². The second-order valence-corrected chi connectivity index (χ2v) is 10.0. The van der Waals surface area contributed by atoms with Gasteiger partial charge < -0.3 is 19.6 Å². The molecule has 4 rings (SSSR count). The Labute approximate surface area is 199 Å². The van der Waals surface area contributed by atoms with E-state index in [2.05, 4.69) is 0 Å². The maximum atomic E-state index is 13.6. The highest BCUT2D eigenvalue weighted by atomic mass is 32.2. The first-order chi connectivity index (χ1) is 16.0. The minimum atomic E-state index is -1.03. The third-order valence-electron chi connectivity index (χ3n) is 6.42. The zero-order chi connectivity index (χ0) is 23.3. The summed E-state index contributed by atoms with van der Waals surface area (Å²) >= 11 is 1.54. The minimum Gasteiger partial charge on any atom is -0.466 e. The summed E-state index contributed by atoms with van der Waals surface area (Å²) in [5.41, 5.74) is 2.13. The lowest BCUT2D eigenvalue weighted by atomic mass is 9.97. The molecule has 2 aromatic carbocycles. The van der Waals surface area contributed by atoms with Gasteiger partial charge in [-0.2, -0.15) is 0 Å². The number of amides is 2. The standard InChI is InChI=1S/C26H32N2O4S/c1-2-32-23(29)15-9-10-16-26(31)24-22(19-33-26)27(17-20-11-5-3-6-12-20)25(30)28(24)18-21-13-7-4-8-14-21/h3-8,11-14,22,24,31H,2,9-10,15-19H2,1H3/t22-,24-,26-/m0/s1. The summed E-state index contributed by atoms with van der Waals surface area (Å²) in [4.78, 5) is 28.0. The Balaban J connectivity index is 1.51. The molecule has 2 aromatic rings. The van der Waals surface area contributed by atoms with Gasteiger partial charge in [0.2, 0.25) is 0 Å². The summed E-state index contributed by atoms with van der Waals surface area (Å²) in [5, 5.41) is 11.7. The van der Waals surface area contributed by atoms with Crippen molar-refractivity contribution in [2.75, 3.05) is 12.4 Å². The van der Waals surface area contributed by atoms with Crippen LogP contribution in [0, 0.1) is 0 Å². The lowest BCUT2D eigenvalue weighted by Gasteiger charge is -2.34. The molecule has 2 heterocycles. The molecule has 2 amide bonds. The zero-order valence-electron chi connectivity index (χ0n) is 19.1. The largest absolute Gasteiger partial charge is 0.466 e. The number of esters is 1.